The lowest BCUT2D eigenvalue weighted by Gasteiger charge is -2.06. The zero-order valence-electron chi connectivity index (χ0n) is 12.1. The predicted octanol–water partition coefficient (Wildman–Crippen LogP) is 4.40. The van der Waals surface area contributed by atoms with Gasteiger partial charge in [0.2, 0.25) is 5.13 Å². The molecule has 0 fully saturated rings. The third-order valence-corrected chi connectivity index (χ3v) is 5.28. The van der Waals surface area contributed by atoms with E-state index in [-0.39, 0.29) is 5.91 Å². The Balaban J connectivity index is 2.09. The maximum absolute atomic E-state index is 12.3. The normalized spacial score (nSPS) is 10.9. The van der Waals surface area contributed by atoms with Crippen molar-refractivity contribution >= 4 is 45.9 Å². The van der Waals surface area contributed by atoms with Crippen LogP contribution in [-0.2, 0) is 0 Å². The van der Waals surface area contributed by atoms with Gasteiger partial charge in [-0.25, -0.2) is 0 Å². The van der Waals surface area contributed by atoms with E-state index in [9.17, 15) is 4.79 Å². The first-order valence-electron chi connectivity index (χ1n) is 6.63. The van der Waals surface area contributed by atoms with Crippen LogP contribution in [0.5, 0.6) is 0 Å². The zero-order valence-corrected chi connectivity index (χ0v) is 14.6. The SMILES string of the molecule is CCSc1ccccc1C(=O)Nc1nnc(SC(C)C)s1. The highest BCUT2D eigenvalue weighted by molar-refractivity contribution is 8.01. The summed E-state index contributed by atoms with van der Waals surface area (Å²) in [6.07, 6.45) is 0. The quantitative estimate of drug-likeness (QED) is 0.624. The monoisotopic (exact) mass is 339 g/mol. The Bertz CT molecular complexity index is 613. The van der Waals surface area contributed by atoms with Crippen molar-refractivity contribution in [3.8, 4) is 0 Å². The molecular formula is C14H17N3OS3. The van der Waals surface area contributed by atoms with Crippen LogP contribution in [-0.4, -0.2) is 27.1 Å². The van der Waals surface area contributed by atoms with Crippen LogP contribution in [0.25, 0.3) is 0 Å². The predicted molar refractivity (Wildman–Crippen MR) is 91.7 cm³/mol. The van der Waals surface area contributed by atoms with Crippen molar-refractivity contribution in [3.05, 3.63) is 29.8 Å². The first kappa shape index (κ1) is 16.3. The summed E-state index contributed by atoms with van der Waals surface area (Å²) in [5.74, 6) is 0.793. The summed E-state index contributed by atoms with van der Waals surface area (Å²) in [4.78, 5) is 13.3. The van der Waals surface area contributed by atoms with Gasteiger partial charge in [-0.05, 0) is 17.9 Å². The third-order valence-electron chi connectivity index (χ3n) is 2.39. The van der Waals surface area contributed by atoms with E-state index in [2.05, 4.69) is 36.3 Å². The van der Waals surface area contributed by atoms with E-state index in [1.807, 2.05) is 24.3 Å². The second kappa shape index (κ2) is 7.82. The number of amides is 1. The molecule has 0 aliphatic rings. The van der Waals surface area contributed by atoms with E-state index >= 15 is 0 Å². The lowest BCUT2D eigenvalue weighted by molar-refractivity contribution is 0.102. The molecule has 2 aromatic rings. The molecule has 1 heterocycles. The van der Waals surface area contributed by atoms with Crippen LogP contribution in [0, 0.1) is 0 Å². The summed E-state index contributed by atoms with van der Waals surface area (Å²) in [6.45, 7) is 6.27. The van der Waals surface area contributed by atoms with Crippen molar-refractivity contribution in [3.63, 3.8) is 0 Å². The molecule has 1 aromatic carbocycles. The molecule has 2 rings (SSSR count). The number of benzene rings is 1. The molecule has 0 bridgehead atoms. The molecule has 0 unspecified atom stereocenters. The largest absolute Gasteiger partial charge is 0.296 e. The fourth-order valence-corrected chi connectivity index (χ4v) is 4.38. The van der Waals surface area contributed by atoms with Gasteiger partial charge in [0.15, 0.2) is 4.34 Å². The van der Waals surface area contributed by atoms with Gasteiger partial charge < -0.3 is 0 Å². The Morgan fingerprint density at radius 1 is 1.33 bits per heavy atom. The highest BCUT2D eigenvalue weighted by Crippen LogP contribution is 2.29. The van der Waals surface area contributed by atoms with E-state index in [0.717, 1.165) is 15.0 Å². The molecule has 0 aliphatic heterocycles. The van der Waals surface area contributed by atoms with Crippen LogP contribution < -0.4 is 5.32 Å². The van der Waals surface area contributed by atoms with Crippen LogP contribution in [0.1, 0.15) is 31.1 Å². The zero-order chi connectivity index (χ0) is 15.2. The van der Waals surface area contributed by atoms with Gasteiger partial charge in [-0.15, -0.1) is 22.0 Å². The Morgan fingerprint density at radius 3 is 2.81 bits per heavy atom. The molecule has 112 valence electrons. The average Bonchev–Trinajstić information content (AvgIpc) is 2.86. The highest BCUT2D eigenvalue weighted by atomic mass is 32.2. The molecule has 0 radical (unpaired) electrons. The number of rotatable bonds is 6. The van der Waals surface area contributed by atoms with E-state index < -0.39 is 0 Å². The van der Waals surface area contributed by atoms with E-state index in [1.165, 1.54) is 11.3 Å². The number of hydrogen-bond donors (Lipinski definition) is 1. The number of anilines is 1. The van der Waals surface area contributed by atoms with Crippen LogP contribution >= 0.6 is 34.9 Å². The van der Waals surface area contributed by atoms with Crippen LogP contribution in [0.3, 0.4) is 0 Å². The molecular weight excluding hydrogens is 322 g/mol. The van der Waals surface area contributed by atoms with Crippen LogP contribution in [0.15, 0.2) is 33.5 Å². The number of nitrogens with zero attached hydrogens (tertiary/aromatic N) is 2. The summed E-state index contributed by atoms with van der Waals surface area (Å²) in [7, 11) is 0. The van der Waals surface area contributed by atoms with Crippen molar-refractivity contribution in [2.45, 2.75) is 35.3 Å². The number of aromatic nitrogens is 2. The lowest BCUT2D eigenvalue weighted by Crippen LogP contribution is -2.12. The second-order valence-electron chi connectivity index (χ2n) is 4.42. The summed E-state index contributed by atoms with van der Waals surface area (Å²) in [6, 6.07) is 7.60. The Hall–Kier alpha value is -1.05. The molecule has 1 aromatic heterocycles. The number of thioether (sulfide) groups is 2. The lowest BCUT2D eigenvalue weighted by atomic mass is 10.2. The standard InChI is InChI=1S/C14H17N3OS3/c1-4-19-11-8-6-5-7-10(11)12(18)15-13-16-17-14(21-13)20-9(2)3/h5-9H,4H2,1-3H3,(H,15,16,18). The minimum Gasteiger partial charge on any atom is -0.296 e. The summed E-state index contributed by atoms with van der Waals surface area (Å²) < 4.78 is 0.872. The van der Waals surface area contributed by atoms with E-state index in [1.54, 1.807) is 23.5 Å². The average molecular weight is 340 g/mol. The van der Waals surface area contributed by atoms with Crippen molar-refractivity contribution in [2.24, 2.45) is 0 Å². The van der Waals surface area contributed by atoms with Gasteiger partial charge in [0.1, 0.15) is 0 Å². The molecule has 1 amide bonds. The van der Waals surface area contributed by atoms with Gasteiger partial charge in [0, 0.05) is 10.1 Å². The molecule has 1 N–H and O–H groups in total. The third kappa shape index (κ3) is 4.72. The number of carbonyl (C=O) groups is 1. The molecule has 0 saturated heterocycles. The number of hydrogen-bond acceptors (Lipinski definition) is 6. The topological polar surface area (TPSA) is 54.9 Å². The van der Waals surface area contributed by atoms with Crippen LogP contribution in [0.4, 0.5) is 5.13 Å². The molecule has 7 heteroatoms. The van der Waals surface area contributed by atoms with Gasteiger partial charge in [-0.1, -0.05) is 56.0 Å². The van der Waals surface area contributed by atoms with Gasteiger partial charge in [-0.2, -0.15) is 0 Å². The van der Waals surface area contributed by atoms with Crippen molar-refractivity contribution in [1.29, 1.82) is 0 Å². The molecule has 0 spiro atoms. The molecule has 0 atom stereocenters. The smallest absolute Gasteiger partial charge is 0.258 e. The van der Waals surface area contributed by atoms with E-state index in [0.29, 0.717) is 15.9 Å². The fourth-order valence-electron chi connectivity index (χ4n) is 1.61. The first-order chi connectivity index (χ1) is 10.1. The van der Waals surface area contributed by atoms with Gasteiger partial charge in [-0.3, -0.25) is 10.1 Å². The van der Waals surface area contributed by atoms with Crippen molar-refractivity contribution in [1.82, 2.24) is 10.2 Å². The molecule has 4 nitrogen and oxygen atoms in total. The molecule has 0 aliphatic carbocycles. The first-order valence-corrected chi connectivity index (χ1v) is 9.31. The maximum atomic E-state index is 12.3. The Morgan fingerprint density at radius 2 is 2.10 bits per heavy atom. The van der Waals surface area contributed by atoms with Crippen molar-refractivity contribution < 1.29 is 4.79 Å². The van der Waals surface area contributed by atoms with Gasteiger partial charge in [0.05, 0.1) is 5.56 Å². The molecule has 0 saturated carbocycles. The Labute approximate surface area is 137 Å². The molecule has 21 heavy (non-hydrogen) atoms. The Kier molecular flexibility index (Phi) is 6.08. The van der Waals surface area contributed by atoms with Gasteiger partial charge >= 0.3 is 0 Å². The fraction of sp³-hybridized carbons (Fsp3) is 0.357. The minimum atomic E-state index is -0.135. The maximum Gasteiger partial charge on any atom is 0.258 e. The van der Waals surface area contributed by atoms with Gasteiger partial charge in [0.25, 0.3) is 5.91 Å². The minimum absolute atomic E-state index is 0.135. The number of carbonyl (C=O) groups excluding carboxylic acids is 1. The number of nitrogens with one attached hydrogen (secondary N) is 1. The summed E-state index contributed by atoms with van der Waals surface area (Å²) >= 11 is 4.71. The highest BCUT2D eigenvalue weighted by Gasteiger charge is 2.14. The summed E-state index contributed by atoms with van der Waals surface area (Å²) in [5.41, 5.74) is 0.678. The van der Waals surface area contributed by atoms with E-state index in [4.69, 9.17) is 0 Å². The second-order valence-corrected chi connectivity index (χ2v) is 8.53. The summed E-state index contributed by atoms with van der Waals surface area (Å²) in [5, 5.41) is 11.9. The van der Waals surface area contributed by atoms with Crippen LogP contribution in [0.2, 0.25) is 0 Å². The van der Waals surface area contributed by atoms with Crippen molar-refractivity contribution in [2.75, 3.05) is 11.1 Å².